The van der Waals surface area contributed by atoms with Gasteiger partial charge in [0.2, 0.25) is 0 Å². The van der Waals surface area contributed by atoms with E-state index in [2.05, 4.69) is 16.2 Å². The van der Waals surface area contributed by atoms with Gasteiger partial charge in [-0.05, 0) is 68.9 Å². The molecule has 0 saturated carbocycles. The van der Waals surface area contributed by atoms with Gasteiger partial charge in [0.15, 0.2) is 11.7 Å². The number of carbonyl (C=O) groups is 3. The van der Waals surface area contributed by atoms with E-state index in [1.165, 1.54) is 0 Å². The first kappa shape index (κ1) is 25.6. The summed E-state index contributed by atoms with van der Waals surface area (Å²) >= 11 is 5.04. The summed E-state index contributed by atoms with van der Waals surface area (Å²) in [6.45, 7) is 5.66. The largest absolute Gasteiger partial charge is 0.490 e. The Morgan fingerprint density at radius 3 is 2.36 bits per heavy atom. The summed E-state index contributed by atoms with van der Waals surface area (Å²) in [5.74, 6) is -0.600. The van der Waals surface area contributed by atoms with Crippen LogP contribution in [0.1, 0.15) is 47.9 Å². The number of hydrogen-bond acceptors (Lipinski definition) is 7. The molecule has 0 unspecified atom stereocenters. The minimum atomic E-state index is -0.526. The second-order valence-electron chi connectivity index (χ2n) is 7.07. The van der Waals surface area contributed by atoms with Crippen LogP contribution in [-0.2, 0) is 9.53 Å². The fraction of sp³-hybridized carbons (Fsp3) is 0.304. The number of nitrogens with one attached hydrogen (secondary N) is 3. The Labute approximate surface area is 197 Å². The second kappa shape index (κ2) is 13.0. The van der Waals surface area contributed by atoms with Crippen LogP contribution >= 0.6 is 12.2 Å². The summed E-state index contributed by atoms with van der Waals surface area (Å²) in [4.78, 5) is 36.2. The maximum atomic E-state index is 12.5. The average Bonchev–Trinajstić information content (AvgIpc) is 2.80. The summed E-state index contributed by atoms with van der Waals surface area (Å²) in [6.07, 6.45) is 0.637. The molecule has 0 aliphatic rings. The van der Waals surface area contributed by atoms with Crippen molar-refractivity contribution in [2.24, 2.45) is 0 Å². The van der Waals surface area contributed by atoms with Gasteiger partial charge in [0.25, 0.3) is 11.8 Å². The zero-order valence-electron chi connectivity index (χ0n) is 18.7. The Morgan fingerprint density at radius 1 is 1.00 bits per heavy atom. The number of ether oxygens (including phenoxy) is 3. The van der Waals surface area contributed by atoms with E-state index in [-0.39, 0.29) is 17.8 Å². The van der Waals surface area contributed by atoms with Gasteiger partial charge in [-0.1, -0.05) is 19.1 Å². The molecule has 9 nitrogen and oxygen atoms in total. The highest BCUT2D eigenvalue weighted by atomic mass is 32.1. The second-order valence-corrected chi connectivity index (χ2v) is 7.48. The fourth-order valence-corrected chi connectivity index (χ4v) is 2.63. The number of amides is 2. The van der Waals surface area contributed by atoms with Gasteiger partial charge in [-0.2, -0.15) is 0 Å². The molecule has 176 valence electrons. The summed E-state index contributed by atoms with van der Waals surface area (Å²) in [5, 5.41) is 2.38. The molecule has 0 aromatic heterocycles. The number of benzene rings is 2. The van der Waals surface area contributed by atoms with Crippen LogP contribution in [0.25, 0.3) is 0 Å². The zero-order chi connectivity index (χ0) is 24.2. The van der Waals surface area contributed by atoms with Crippen molar-refractivity contribution in [3.8, 4) is 11.5 Å². The highest BCUT2D eigenvalue weighted by Gasteiger charge is 2.15. The lowest BCUT2D eigenvalue weighted by atomic mass is 10.2. The average molecular weight is 474 g/mol. The van der Waals surface area contributed by atoms with E-state index in [0.29, 0.717) is 29.2 Å². The Kier molecular flexibility index (Phi) is 10.1. The normalized spacial score (nSPS) is 10.2. The Hall–Kier alpha value is -3.66. The molecule has 3 N–H and O–H groups in total. The lowest BCUT2D eigenvalue weighted by Crippen LogP contribution is -2.49. The molecule has 2 amide bonds. The molecular formula is C23H27N3O6S. The van der Waals surface area contributed by atoms with Gasteiger partial charge in [-0.25, -0.2) is 4.79 Å². The SMILES string of the molecule is CCCOC(=O)c1ccc(OCC(=O)NNC(=S)NC(=O)c2ccccc2OC(C)C)cc1. The molecule has 2 rings (SSSR count). The van der Waals surface area contributed by atoms with Crippen molar-refractivity contribution in [2.75, 3.05) is 13.2 Å². The van der Waals surface area contributed by atoms with E-state index in [9.17, 15) is 14.4 Å². The van der Waals surface area contributed by atoms with Crippen molar-refractivity contribution < 1.29 is 28.6 Å². The van der Waals surface area contributed by atoms with E-state index < -0.39 is 17.8 Å². The minimum Gasteiger partial charge on any atom is -0.490 e. The van der Waals surface area contributed by atoms with Crippen molar-refractivity contribution >= 4 is 35.1 Å². The molecule has 0 aliphatic heterocycles. The van der Waals surface area contributed by atoms with E-state index in [1.807, 2.05) is 20.8 Å². The first-order valence-electron chi connectivity index (χ1n) is 10.4. The standard InChI is InChI=1S/C23H27N3O6S/c1-4-13-30-22(29)16-9-11-17(12-10-16)31-14-20(27)25-26-23(33)24-21(28)18-7-5-6-8-19(18)32-15(2)3/h5-12,15H,4,13-14H2,1-3H3,(H,25,27)(H2,24,26,28,33). The van der Waals surface area contributed by atoms with Crippen LogP contribution in [0.3, 0.4) is 0 Å². The summed E-state index contributed by atoms with van der Waals surface area (Å²) in [7, 11) is 0. The topological polar surface area (TPSA) is 115 Å². The van der Waals surface area contributed by atoms with Gasteiger partial charge in [0.05, 0.1) is 23.8 Å². The van der Waals surface area contributed by atoms with Crippen molar-refractivity contribution in [1.29, 1.82) is 0 Å². The highest BCUT2D eigenvalue weighted by Crippen LogP contribution is 2.19. The molecule has 0 heterocycles. The predicted molar refractivity (Wildman–Crippen MR) is 126 cm³/mol. The molecule has 0 radical (unpaired) electrons. The predicted octanol–water partition coefficient (Wildman–Crippen LogP) is 2.76. The Balaban J connectivity index is 1.77. The molecule has 0 spiro atoms. The van der Waals surface area contributed by atoms with Crippen LogP contribution in [0, 0.1) is 0 Å². The first-order valence-corrected chi connectivity index (χ1v) is 10.8. The number of esters is 1. The first-order chi connectivity index (χ1) is 15.8. The van der Waals surface area contributed by atoms with E-state index in [1.54, 1.807) is 48.5 Å². The smallest absolute Gasteiger partial charge is 0.338 e. The van der Waals surface area contributed by atoms with Crippen LogP contribution in [0.15, 0.2) is 48.5 Å². The van der Waals surface area contributed by atoms with Gasteiger partial charge in [-0.3, -0.25) is 25.8 Å². The van der Waals surface area contributed by atoms with Crippen LogP contribution < -0.4 is 25.6 Å². The van der Waals surface area contributed by atoms with Crippen molar-refractivity contribution in [2.45, 2.75) is 33.3 Å². The maximum absolute atomic E-state index is 12.5. The van der Waals surface area contributed by atoms with E-state index in [4.69, 9.17) is 26.4 Å². The van der Waals surface area contributed by atoms with Crippen LogP contribution in [-0.4, -0.2) is 42.2 Å². The van der Waals surface area contributed by atoms with Crippen molar-refractivity contribution in [1.82, 2.24) is 16.2 Å². The van der Waals surface area contributed by atoms with Gasteiger partial charge >= 0.3 is 5.97 Å². The number of para-hydroxylation sites is 1. The molecule has 0 atom stereocenters. The number of hydrogen-bond donors (Lipinski definition) is 3. The molecule has 33 heavy (non-hydrogen) atoms. The number of hydrazine groups is 1. The quantitative estimate of drug-likeness (QED) is 0.289. The molecule has 0 fully saturated rings. The van der Waals surface area contributed by atoms with Crippen LogP contribution in [0.2, 0.25) is 0 Å². The Bertz CT molecular complexity index is 978. The molecule has 2 aromatic carbocycles. The molecule has 0 bridgehead atoms. The number of carbonyl (C=O) groups excluding carboxylic acids is 3. The fourth-order valence-electron chi connectivity index (χ4n) is 2.49. The molecular weight excluding hydrogens is 446 g/mol. The highest BCUT2D eigenvalue weighted by molar-refractivity contribution is 7.80. The zero-order valence-corrected chi connectivity index (χ0v) is 19.5. The lowest BCUT2D eigenvalue weighted by molar-refractivity contribution is -0.123. The van der Waals surface area contributed by atoms with Gasteiger partial charge < -0.3 is 14.2 Å². The van der Waals surface area contributed by atoms with Gasteiger partial charge in [-0.15, -0.1) is 0 Å². The number of rotatable bonds is 9. The third-order valence-electron chi connectivity index (χ3n) is 3.93. The summed E-state index contributed by atoms with van der Waals surface area (Å²) in [5.41, 5.74) is 5.48. The van der Waals surface area contributed by atoms with Crippen LogP contribution in [0.4, 0.5) is 0 Å². The summed E-state index contributed by atoms with van der Waals surface area (Å²) < 4.78 is 16.0. The lowest BCUT2D eigenvalue weighted by Gasteiger charge is -2.15. The maximum Gasteiger partial charge on any atom is 0.338 e. The molecule has 0 saturated heterocycles. The third-order valence-corrected chi connectivity index (χ3v) is 4.14. The molecule has 10 heteroatoms. The van der Waals surface area contributed by atoms with Gasteiger partial charge in [0.1, 0.15) is 11.5 Å². The number of thiocarbonyl (C=S) groups is 1. The third kappa shape index (κ3) is 8.77. The molecule has 0 aliphatic carbocycles. The van der Waals surface area contributed by atoms with Gasteiger partial charge in [0, 0.05) is 0 Å². The van der Waals surface area contributed by atoms with Crippen LogP contribution in [0.5, 0.6) is 11.5 Å². The van der Waals surface area contributed by atoms with E-state index >= 15 is 0 Å². The van der Waals surface area contributed by atoms with Crippen molar-refractivity contribution in [3.05, 3.63) is 59.7 Å². The Morgan fingerprint density at radius 2 is 1.70 bits per heavy atom. The summed E-state index contributed by atoms with van der Waals surface area (Å²) in [6, 6.07) is 13.0. The van der Waals surface area contributed by atoms with E-state index in [0.717, 1.165) is 6.42 Å². The minimum absolute atomic E-state index is 0.0948. The van der Waals surface area contributed by atoms with Crippen molar-refractivity contribution in [3.63, 3.8) is 0 Å². The molecule has 2 aromatic rings. The monoisotopic (exact) mass is 473 g/mol.